The van der Waals surface area contributed by atoms with E-state index in [4.69, 9.17) is 12.6 Å². The molecule has 0 fully saturated rings. The number of hydrogen-bond acceptors (Lipinski definition) is 5. The zero-order chi connectivity index (χ0) is 9.54. The Kier molecular flexibility index (Phi) is 3.29. The molecule has 7 heteroatoms. The maximum absolute atomic E-state index is 5.04. The van der Waals surface area contributed by atoms with Crippen LogP contribution in [0, 0.1) is 0 Å². The van der Waals surface area contributed by atoms with Gasteiger partial charge in [0.05, 0.1) is 5.52 Å². The van der Waals surface area contributed by atoms with Gasteiger partial charge in [0.15, 0.2) is 5.65 Å². The van der Waals surface area contributed by atoms with Crippen LogP contribution in [0.15, 0.2) is 29.4 Å². The second-order valence-electron chi connectivity index (χ2n) is 2.83. The summed E-state index contributed by atoms with van der Waals surface area (Å²) in [7, 11) is 0. The first kappa shape index (κ1) is 11.3. The molecule has 3 aromatic rings. The molecule has 0 saturated heterocycles. The molecule has 0 bridgehead atoms. The van der Waals surface area contributed by atoms with Crippen molar-refractivity contribution < 1.29 is 51.4 Å². The minimum absolute atomic E-state index is 0. The van der Waals surface area contributed by atoms with Crippen LogP contribution >= 0.6 is 0 Å². The monoisotopic (exact) mass is 241 g/mol. The summed E-state index contributed by atoms with van der Waals surface area (Å²) in [6, 6.07) is 7.63. The predicted octanol–water partition coefficient (Wildman–Crippen LogP) is -2.42. The Balaban J connectivity index is 0.000000853. The van der Waals surface area contributed by atoms with Crippen LogP contribution in [0.4, 0.5) is 0 Å². The first-order valence-electron chi connectivity index (χ1n) is 4.00. The van der Waals surface area contributed by atoms with Crippen molar-refractivity contribution in [3.63, 3.8) is 0 Å². The van der Waals surface area contributed by atoms with Crippen LogP contribution < -0.4 is 51.4 Å². The van der Waals surface area contributed by atoms with Crippen LogP contribution in [-0.4, -0.2) is 25.0 Å². The molecular weight excluding hydrogens is 237 g/mol. The standard InChI is InChI=1S/C8H5N5S.K/c14-8-9-6-4-2-1-3-5(6)7-10-11-12-13(7)8;/h1-4H,(H,9,14);/q;+1/p-1. The van der Waals surface area contributed by atoms with Crippen LogP contribution in [0.3, 0.4) is 0 Å². The third kappa shape index (κ3) is 1.79. The van der Waals surface area contributed by atoms with Crippen molar-refractivity contribution in [2.75, 3.05) is 0 Å². The maximum atomic E-state index is 5.04. The van der Waals surface area contributed by atoms with Crippen molar-refractivity contribution in [3.8, 4) is 0 Å². The van der Waals surface area contributed by atoms with Crippen molar-refractivity contribution in [2.45, 2.75) is 5.16 Å². The molecule has 0 aliphatic carbocycles. The Labute approximate surface area is 133 Å². The largest absolute Gasteiger partial charge is 1.00 e. The molecule has 0 aliphatic heterocycles. The zero-order valence-electron chi connectivity index (χ0n) is 7.95. The molecule has 0 unspecified atom stereocenters. The Hall–Kier alpha value is -0.184. The number of tetrazole rings is 1. The first-order valence-corrected chi connectivity index (χ1v) is 4.41. The van der Waals surface area contributed by atoms with E-state index in [1.807, 2.05) is 24.3 Å². The fraction of sp³-hybridized carbons (Fsp3) is 0. The minimum Gasteiger partial charge on any atom is -0.740 e. The molecule has 0 radical (unpaired) electrons. The van der Waals surface area contributed by atoms with Gasteiger partial charge < -0.3 is 12.6 Å². The van der Waals surface area contributed by atoms with Crippen LogP contribution in [0.25, 0.3) is 16.6 Å². The maximum Gasteiger partial charge on any atom is 1.00 e. The molecule has 5 nitrogen and oxygen atoms in total. The average Bonchev–Trinajstić information content (AvgIpc) is 2.67. The number of benzene rings is 1. The van der Waals surface area contributed by atoms with Crippen molar-refractivity contribution in [2.24, 2.45) is 0 Å². The molecule has 2 aromatic heterocycles. The molecule has 68 valence electrons. The number of fused-ring (bicyclic) bond motifs is 3. The molecule has 0 amide bonds. The van der Waals surface area contributed by atoms with Crippen molar-refractivity contribution in [1.82, 2.24) is 25.0 Å². The summed E-state index contributed by atoms with van der Waals surface area (Å²) >= 11 is 5.04. The summed E-state index contributed by atoms with van der Waals surface area (Å²) in [5.74, 6) is 0. The SMILES string of the molecule is [K+].[S-]c1nc2ccccc2c2nnnn12. The molecule has 0 aliphatic rings. The van der Waals surface area contributed by atoms with Crippen LogP contribution in [0.1, 0.15) is 0 Å². The number of hydrogen-bond donors (Lipinski definition) is 0. The van der Waals surface area contributed by atoms with E-state index in [1.54, 1.807) is 0 Å². The Morgan fingerprint density at radius 2 is 2.00 bits per heavy atom. The third-order valence-corrected chi connectivity index (χ3v) is 2.28. The Morgan fingerprint density at radius 3 is 2.87 bits per heavy atom. The summed E-state index contributed by atoms with van der Waals surface area (Å²) in [5.41, 5.74) is 1.47. The van der Waals surface area contributed by atoms with E-state index < -0.39 is 0 Å². The van der Waals surface area contributed by atoms with E-state index in [9.17, 15) is 0 Å². The van der Waals surface area contributed by atoms with E-state index in [-0.39, 0.29) is 51.4 Å². The van der Waals surface area contributed by atoms with Gasteiger partial charge in [0, 0.05) is 10.5 Å². The molecule has 0 N–H and O–H groups in total. The Morgan fingerprint density at radius 1 is 1.20 bits per heavy atom. The van der Waals surface area contributed by atoms with Gasteiger partial charge in [0.25, 0.3) is 0 Å². The third-order valence-electron chi connectivity index (χ3n) is 2.01. The molecule has 1 aromatic carbocycles. The van der Waals surface area contributed by atoms with Crippen LogP contribution in [0.2, 0.25) is 0 Å². The van der Waals surface area contributed by atoms with E-state index in [0.717, 1.165) is 10.9 Å². The molecule has 0 spiro atoms. The van der Waals surface area contributed by atoms with Gasteiger partial charge in [-0.25, -0.2) is 4.52 Å². The van der Waals surface area contributed by atoms with Crippen molar-refractivity contribution >= 4 is 29.2 Å². The van der Waals surface area contributed by atoms with Gasteiger partial charge in [0.2, 0.25) is 0 Å². The summed E-state index contributed by atoms with van der Waals surface area (Å²) < 4.78 is 1.46. The molecule has 2 heterocycles. The van der Waals surface area contributed by atoms with Gasteiger partial charge in [0.1, 0.15) is 0 Å². The molecule has 0 saturated carbocycles. The number of aromatic nitrogens is 5. The number of rotatable bonds is 0. The average molecular weight is 241 g/mol. The second kappa shape index (κ2) is 4.36. The fourth-order valence-corrected chi connectivity index (χ4v) is 1.62. The summed E-state index contributed by atoms with van der Waals surface area (Å²) in [6.45, 7) is 0. The van der Waals surface area contributed by atoms with E-state index in [0.29, 0.717) is 10.8 Å². The van der Waals surface area contributed by atoms with Gasteiger partial charge >= 0.3 is 51.4 Å². The predicted molar refractivity (Wildman–Crippen MR) is 51.7 cm³/mol. The van der Waals surface area contributed by atoms with Gasteiger partial charge in [-0.15, -0.1) is 5.10 Å². The number of para-hydroxylation sites is 1. The summed E-state index contributed by atoms with van der Waals surface area (Å²) in [6.07, 6.45) is 0. The smallest absolute Gasteiger partial charge is 0.740 e. The normalized spacial score (nSPS) is 10.4. The Bertz CT molecular complexity index is 623. The zero-order valence-corrected chi connectivity index (χ0v) is 11.9. The first-order chi connectivity index (χ1) is 6.86. The van der Waals surface area contributed by atoms with E-state index in [2.05, 4.69) is 20.5 Å². The van der Waals surface area contributed by atoms with E-state index in [1.165, 1.54) is 4.52 Å². The molecular formula is C8H4KN5S. The van der Waals surface area contributed by atoms with Gasteiger partial charge in [-0.05, 0) is 22.6 Å². The number of nitrogens with zero attached hydrogens (tertiary/aromatic N) is 5. The summed E-state index contributed by atoms with van der Waals surface area (Å²) in [4.78, 5) is 4.21. The van der Waals surface area contributed by atoms with Crippen LogP contribution in [0.5, 0.6) is 0 Å². The van der Waals surface area contributed by atoms with Crippen molar-refractivity contribution in [3.05, 3.63) is 24.3 Å². The van der Waals surface area contributed by atoms with Crippen molar-refractivity contribution in [1.29, 1.82) is 0 Å². The molecule has 15 heavy (non-hydrogen) atoms. The topological polar surface area (TPSA) is 56.0 Å². The minimum atomic E-state index is 0. The quantitative estimate of drug-likeness (QED) is 0.249. The summed E-state index contributed by atoms with van der Waals surface area (Å²) in [5, 5.41) is 12.5. The van der Waals surface area contributed by atoms with Gasteiger partial charge in [-0.3, -0.25) is 4.98 Å². The molecule has 0 atom stereocenters. The second-order valence-corrected chi connectivity index (χ2v) is 3.19. The van der Waals surface area contributed by atoms with Crippen LogP contribution in [-0.2, 0) is 12.6 Å². The van der Waals surface area contributed by atoms with Gasteiger partial charge in [-0.2, -0.15) is 0 Å². The molecule has 3 rings (SSSR count). The van der Waals surface area contributed by atoms with E-state index >= 15 is 0 Å². The van der Waals surface area contributed by atoms with Gasteiger partial charge in [-0.1, -0.05) is 12.1 Å². The fourth-order valence-electron chi connectivity index (χ4n) is 1.39.